The summed E-state index contributed by atoms with van der Waals surface area (Å²) in [6, 6.07) is 15.6. The van der Waals surface area contributed by atoms with Crippen LogP contribution >= 0.6 is 23.2 Å². The Morgan fingerprint density at radius 2 is 1.73 bits per heavy atom. The molecule has 1 fully saturated rings. The van der Waals surface area contributed by atoms with E-state index in [0.29, 0.717) is 5.02 Å². The van der Waals surface area contributed by atoms with Crippen LogP contribution in [0.4, 0.5) is 5.69 Å². The molecule has 134 valence electrons. The van der Waals surface area contributed by atoms with Crippen molar-refractivity contribution in [3.05, 3.63) is 70.7 Å². The van der Waals surface area contributed by atoms with Gasteiger partial charge in [0, 0.05) is 10.6 Å². The van der Waals surface area contributed by atoms with Gasteiger partial charge in [-0.2, -0.15) is 0 Å². The number of nitrogens with zero attached hydrogens (tertiary/aromatic N) is 2. The van der Waals surface area contributed by atoms with E-state index in [2.05, 4.69) is 16.0 Å². The van der Waals surface area contributed by atoms with E-state index in [1.54, 1.807) is 6.20 Å². The number of piperazine rings is 1. The molecule has 1 N–H and O–H groups in total. The Labute approximate surface area is 163 Å². The summed E-state index contributed by atoms with van der Waals surface area (Å²) in [4.78, 5) is 8.26. The summed E-state index contributed by atoms with van der Waals surface area (Å²) in [5.41, 5.74) is 2.11. The molecule has 0 aliphatic carbocycles. The molecule has 4 rings (SSSR count). The van der Waals surface area contributed by atoms with Gasteiger partial charge in [0.05, 0.1) is 43.1 Å². The number of hydrogen-bond donors (Lipinski definition) is 1. The fraction of sp³-hybridized carbons (Fsp3) is 0.250. The Morgan fingerprint density at radius 3 is 2.46 bits per heavy atom. The second kappa shape index (κ2) is 7.70. The third-order valence-electron chi connectivity index (χ3n) is 4.75. The van der Waals surface area contributed by atoms with Gasteiger partial charge in [-0.25, -0.2) is 4.98 Å². The molecule has 0 spiro atoms. The summed E-state index contributed by atoms with van der Waals surface area (Å²) < 4.78 is 5.93. The molecule has 4 nitrogen and oxygen atoms in total. The first-order valence-electron chi connectivity index (χ1n) is 8.73. The second-order valence-corrected chi connectivity index (χ2v) is 7.33. The first-order chi connectivity index (χ1) is 12.7. The molecule has 0 amide bonds. The van der Waals surface area contributed by atoms with Crippen molar-refractivity contribution in [2.24, 2.45) is 0 Å². The number of oxazole rings is 1. The Bertz CT molecular complexity index is 871. The quantitative estimate of drug-likeness (QED) is 0.741. The molecule has 0 radical (unpaired) electrons. The summed E-state index contributed by atoms with van der Waals surface area (Å²) in [6.07, 6.45) is 1.79. The highest BCUT2D eigenvalue weighted by Gasteiger charge is 2.23. The third kappa shape index (κ3) is 3.88. The summed E-state index contributed by atoms with van der Waals surface area (Å²) in [6.45, 7) is 4.81. The van der Waals surface area contributed by atoms with Gasteiger partial charge in [-0.1, -0.05) is 35.3 Å². The monoisotopic (exact) mass is 388 g/mol. The molecule has 0 saturated carbocycles. The maximum atomic E-state index is 6.31. The molecule has 3 aromatic rings. The van der Waals surface area contributed by atoms with E-state index in [4.69, 9.17) is 27.6 Å². The smallest absolute Gasteiger partial charge is 0.250 e. The Kier molecular flexibility index (Phi) is 5.16. The van der Waals surface area contributed by atoms with Crippen molar-refractivity contribution in [2.75, 3.05) is 31.1 Å². The van der Waals surface area contributed by atoms with Crippen LogP contribution in [-0.2, 0) is 6.54 Å². The van der Waals surface area contributed by atoms with E-state index in [1.165, 1.54) is 4.90 Å². The van der Waals surface area contributed by atoms with E-state index in [1.807, 2.05) is 42.5 Å². The zero-order valence-electron chi connectivity index (χ0n) is 14.3. The van der Waals surface area contributed by atoms with Gasteiger partial charge >= 0.3 is 0 Å². The first-order valence-corrected chi connectivity index (χ1v) is 9.48. The molecule has 2 aromatic carbocycles. The summed E-state index contributed by atoms with van der Waals surface area (Å²) in [5, 5.41) is 1.53. The number of halogens is 2. The predicted octanol–water partition coefficient (Wildman–Crippen LogP) is 3.55. The molecule has 1 aliphatic heterocycles. The van der Waals surface area contributed by atoms with Crippen LogP contribution in [0.2, 0.25) is 10.0 Å². The molecule has 26 heavy (non-hydrogen) atoms. The number of para-hydroxylation sites is 1. The van der Waals surface area contributed by atoms with Crippen LogP contribution in [0.5, 0.6) is 0 Å². The van der Waals surface area contributed by atoms with E-state index in [9.17, 15) is 0 Å². The number of hydrogen-bond acceptors (Lipinski definition) is 3. The molecular formula is C20H20Cl2N3O+. The molecule has 1 saturated heterocycles. The minimum Gasteiger partial charge on any atom is -0.435 e. The molecule has 6 heteroatoms. The number of anilines is 1. The molecule has 1 aliphatic rings. The van der Waals surface area contributed by atoms with Crippen LogP contribution in [0.1, 0.15) is 5.89 Å². The van der Waals surface area contributed by atoms with Gasteiger partial charge < -0.3 is 14.2 Å². The minimum atomic E-state index is 0.717. The normalized spacial score (nSPS) is 15.4. The van der Waals surface area contributed by atoms with Crippen molar-refractivity contribution in [3.8, 4) is 11.3 Å². The van der Waals surface area contributed by atoms with E-state index < -0.39 is 0 Å². The fourth-order valence-corrected chi connectivity index (χ4v) is 3.68. The topological polar surface area (TPSA) is 33.7 Å². The standard InChI is InChI=1S/C20H19Cl2N3O/c21-16-7-5-15(6-8-16)19-13-23-20(26-19)14-24-9-11-25(12-10-24)18-4-2-1-3-17(18)22/h1-8,13H,9-12,14H2/p+1. The van der Waals surface area contributed by atoms with E-state index in [-0.39, 0.29) is 0 Å². The second-order valence-electron chi connectivity index (χ2n) is 6.49. The van der Waals surface area contributed by atoms with Crippen molar-refractivity contribution < 1.29 is 9.32 Å². The maximum Gasteiger partial charge on any atom is 0.250 e. The Morgan fingerprint density at radius 1 is 1.00 bits per heavy atom. The lowest BCUT2D eigenvalue weighted by Crippen LogP contribution is -3.13. The van der Waals surface area contributed by atoms with E-state index in [0.717, 1.165) is 60.6 Å². The average molecular weight is 389 g/mol. The number of aromatic nitrogens is 1. The van der Waals surface area contributed by atoms with Crippen molar-refractivity contribution >= 4 is 28.9 Å². The fourth-order valence-electron chi connectivity index (χ4n) is 3.30. The van der Waals surface area contributed by atoms with Crippen LogP contribution in [0.3, 0.4) is 0 Å². The van der Waals surface area contributed by atoms with Crippen LogP contribution in [0, 0.1) is 0 Å². The number of benzene rings is 2. The third-order valence-corrected chi connectivity index (χ3v) is 5.32. The van der Waals surface area contributed by atoms with Crippen molar-refractivity contribution in [1.82, 2.24) is 4.98 Å². The van der Waals surface area contributed by atoms with Gasteiger partial charge in [-0.15, -0.1) is 0 Å². The Balaban J connectivity index is 1.36. The molecule has 1 aromatic heterocycles. The van der Waals surface area contributed by atoms with Crippen molar-refractivity contribution in [3.63, 3.8) is 0 Å². The number of quaternary nitrogens is 1. The zero-order chi connectivity index (χ0) is 17.9. The largest absolute Gasteiger partial charge is 0.435 e. The number of rotatable bonds is 4. The predicted molar refractivity (Wildman–Crippen MR) is 105 cm³/mol. The SMILES string of the molecule is Clc1ccc(-c2cnc(C[NH+]3CCN(c4ccccc4Cl)CC3)o2)cc1. The van der Waals surface area contributed by atoms with Gasteiger partial charge in [-0.05, 0) is 36.4 Å². The van der Waals surface area contributed by atoms with Crippen molar-refractivity contribution in [1.29, 1.82) is 0 Å². The van der Waals surface area contributed by atoms with Gasteiger partial charge in [0.25, 0.3) is 5.89 Å². The van der Waals surface area contributed by atoms with Crippen LogP contribution in [0.15, 0.2) is 59.1 Å². The molecule has 0 unspecified atom stereocenters. The molecule has 0 bridgehead atoms. The highest BCUT2D eigenvalue weighted by Crippen LogP contribution is 2.25. The van der Waals surface area contributed by atoms with Crippen LogP contribution < -0.4 is 9.80 Å². The van der Waals surface area contributed by atoms with Gasteiger partial charge in [0.15, 0.2) is 12.3 Å². The van der Waals surface area contributed by atoms with Crippen LogP contribution in [-0.4, -0.2) is 31.2 Å². The van der Waals surface area contributed by atoms with Crippen LogP contribution in [0.25, 0.3) is 11.3 Å². The van der Waals surface area contributed by atoms with Gasteiger partial charge in [-0.3, -0.25) is 0 Å². The molecular weight excluding hydrogens is 369 g/mol. The van der Waals surface area contributed by atoms with Gasteiger partial charge in [0.1, 0.15) is 0 Å². The summed E-state index contributed by atoms with van der Waals surface area (Å²) >= 11 is 12.2. The lowest BCUT2D eigenvalue weighted by atomic mass is 10.2. The molecule has 2 heterocycles. The Hall–Kier alpha value is -2.01. The van der Waals surface area contributed by atoms with E-state index >= 15 is 0 Å². The van der Waals surface area contributed by atoms with Crippen molar-refractivity contribution in [2.45, 2.75) is 6.54 Å². The highest BCUT2D eigenvalue weighted by atomic mass is 35.5. The lowest BCUT2D eigenvalue weighted by Gasteiger charge is -2.33. The van der Waals surface area contributed by atoms with Gasteiger partial charge in [0.2, 0.25) is 0 Å². The minimum absolute atomic E-state index is 0.717. The highest BCUT2D eigenvalue weighted by molar-refractivity contribution is 6.33. The zero-order valence-corrected chi connectivity index (χ0v) is 15.8. The number of nitrogens with one attached hydrogen (secondary N) is 1. The maximum absolute atomic E-state index is 6.31. The lowest BCUT2D eigenvalue weighted by molar-refractivity contribution is -0.915. The first kappa shape index (κ1) is 17.4. The molecule has 0 atom stereocenters. The average Bonchev–Trinajstić information content (AvgIpc) is 3.12. The summed E-state index contributed by atoms with van der Waals surface area (Å²) in [5.74, 6) is 1.56. The summed E-state index contributed by atoms with van der Waals surface area (Å²) in [7, 11) is 0.